The van der Waals surface area contributed by atoms with E-state index in [9.17, 15) is 5.11 Å². The third-order valence-corrected chi connectivity index (χ3v) is 7.87. The molecule has 0 atom stereocenters. The highest BCUT2D eigenvalue weighted by atomic mass is 32.1. The van der Waals surface area contributed by atoms with Gasteiger partial charge in [0.15, 0.2) is 0 Å². The van der Waals surface area contributed by atoms with Crippen LogP contribution in [0.5, 0.6) is 11.5 Å². The highest BCUT2D eigenvalue weighted by Crippen LogP contribution is 2.42. The lowest BCUT2D eigenvalue weighted by Gasteiger charge is -2.35. The predicted octanol–water partition coefficient (Wildman–Crippen LogP) is 5.45. The average molecular weight is 534 g/mol. The molecular weight excluding hydrogens is 498 g/mol. The number of anilines is 3. The number of fused-ring (bicyclic) bond motifs is 1. The fraction of sp³-hybridized carbons (Fsp3) is 0.379. The molecule has 2 N–H and O–H groups in total. The molecule has 38 heavy (non-hydrogen) atoms. The summed E-state index contributed by atoms with van der Waals surface area (Å²) in [6.07, 6.45) is 1.82. The van der Waals surface area contributed by atoms with Crippen LogP contribution in [-0.4, -0.2) is 66.4 Å². The molecule has 1 aliphatic rings. The van der Waals surface area contributed by atoms with Gasteiger partial charge in [-0.3, -0.25) is 0 Å². The van der Waals surface area contributed by atoms with Gasteiger partial charge in [0.05, 0.1) is 41.9 Å². The number of aromatic nitrogens is 2. The monoisotopic (exact) mass is 533 g/mol. The molecule has 9 heteroatoms. The van der Waals surface area contributed by atoms with Gasteiger partial charge in [-0.1, -0.05) is 18.2 Å². The maximum Gasteiger partial charge on any atom is 0.227 e. The van der Waals surface area contributed by atoms with Gasteiger partial charge in [-0.2, -0.15) is 0 Å². The first-order chi connectivity index (χ1) is 18.4. The zero-order valence-electron chi connectivity index (χ0n) is 22.6. The number of para-hydroxylation sites is 1. The lowest BCUT2D eigenvalue weighted by molar-refractivity contribution is 0.243. The topological polar surface area (TPSA) is 83.0 Å². The second-order valence-corrected chi connectivity index (χ2v) is 11.0. The molecule has 5 rings (SSSR count). The Labute approximate surface area is 227 Å². The molecule has 3 heterocycles. The first-order valence-electron chi connectivity index (χ1n) is 12.9. The van der Waals surface area contributed by atoms with Gasteiger partial charge in [-0.15, -0.1) is 11.3 Å². The minimum Gasteiger partial charge on any atom is -0.496 e. The van der Waals surface area contributed by atoms with Crippen LogP contribution in [0.2, 0.25) is 0 Å². The van der Waals surface area contributed by atoms with Crippen molar-refractivity contribution < 1.29 is 14.6 Å². The number of hydrogen-bond donors (Lipinski definition) is 2. The van der Waals surface area contributed by atoms with E-state index >= 15 is 0 Å². The Balaban J connectivity index is 1.54. The Morgan fingerprint density at radius 1 is 1.11 bits per heavy atom. The van der Waals surface area contributed by atoms with E-state index in [1.807, 2.05) is 44.3 Å². The molecule has 1 aliphatic heterocycles. The minimum atomic E-state index is -0.0868. The van der Waals surface area contributed by atoms with Crippen molar-refractivity contribution in [2.75, 3.05) is 50.6 Å². The lowest BCUT2D eigenvalue weighted by Crippen LogP contribution is -2.44. The van der Waals surface area contributed by atoms with Crippen molar-refractivity contribution in [2.45, 2.75) is 33.5 Å². The molecule has 0 aliphatic carbocycles. The van der Waals surface area contributed by atoms with Crippen molar-refractivity contribution in [3.05, 3.63) is 53.0 Å². The van der Waals surface area contributed by atoms with Crippen LogP contribution < -0.4 is 19.7 Å². The van der Waals surface area contributed by atoms with Crippen molar-refractivity contribution >= 4 is 38.9 Å². The number of aliphatic hydroxyl groups excluding tert-OH is 1. The van der Waals surface area contributed by atoms with Gasteiger partial charge in [0.2, 0.25) is 5.95 Å². The van der Waals surface area contributed by atoms with Crippen LogP contribution >= 0.6 is 11.3 Å². The summed E-state index contributed by atoms with van der Waals surface area (Å²) >= 11 is 1.49. The molecule has 0 unspecified atom stereocenters. The van der Waals surface area contributed by atoms with E-state index in [4.69, 9.17) is 14.5 Å². The molecule has 200 valence electrons. The summed E-state index contributed by atoms with van der Waals surface area (Å²) < 4.78 is 12.8. The average Bonchev–Trinajstić information content (AvgIpc) is 3.28. The second kappa shape index (κ2) is 11.1. The van der Waals surface area contributed by atoms with E-state index in [2.05, 4.69) is 46.2 Å². The molecule has 1 fully saturated rings. The van der Waals surface area contributed by atoms with Gasteiger partial charge in [0, 0.05) is 53.9 Å². The fourth-order valence-electron chi connectivity index (χ4n) is 4.88. The summed E-state index contributed by atoms with van der Waals surface area (Å²) in [5.41, 5.74) is 5.73. The third-order valence-electron chi connectivity index (χ3n) is 6.78. The SMILES string of the molecule is COc1ccccc1-c1c(CO)sc2cnc(Nc3cc(C)c(N4CCN(C)CC4)cc3OC(C)C)nc12. The number of thiophene rings is 1. The predicted molar refractivity (Wildman–Crippen MR) is 155 cm³/mol. The van der Waals surface area contributed by atoms with Gasteiger partial charge in [0.1, 0.15) is 11.5 Å². The number of benzene rings is 2. The zero-order chi connectivity index (χ0) is 26.8. The highest BCUT2D eigenvalue weighted by molar-refractivity contribution is 7.19. The first-order valence-corrected chi connectivity index (χ1v) is 13.7. The van der Waals surface area contributed by atoms with E-state index in [0.29, 0.717) is 5.95 Å². The van der Waals surface area contributed by atoms with Crippen molar-refractivity contribution in [2.24, 2.45) is 0 Å². The number of aliphatic hydroxyl groups is 1. The fourth-order valence-corrected chi connectivity index (χ4v) is 5.86. The Kier molecular flexibility index (Phi) is 7.69. The maximum absolute atomic E-state index is 10.1. The molecule has 0 bridgehead atoms. The first kappa shape index (κ1) is 26.2. The van der Waals surface area contributed by atoms with Gasteiger partial charge in [0.25, 0.3) is 0 Å². The number of aryl methyl sites for hydroxylation is 1. The van der Waals surface area contributed by atoms with Crippen LogP contribution in [0.25, 0.3) is 21.3 Å². The third kappa shape index (κ3) is 5.27. The van der Waals surface area contributed by atoms with Gasteiger partial charge in [-0.25, -0.2) is 9.97 Å². The molecular formula is C29H35N5O3S. The summed E-state index contributed by atoms with van der Waals surface area (Å²) in [7, 11) is 3.82. The number of hydrogen-bond acceptors (Lipinski definition) is 9. The smallest absolute Gasteiger partial charge is 0.227 e. The normalized spacial score (nSPS) is 14.3. The number of rotatable bonds is 8. The molecule has 0 amide bonds. The van der Waals surface area contributed by atoms with Crippen LogP contribution in [-0.2, 0) is 6.61 Å². The van der Waals surface area contributed by atoms with E-state index in [-0.39, 0.29) is 12.7 Å². The molecule has 0 saturated carbocycles. The van der Waals surface area contributed by atoms with E-state index in [1.165, 1.54) is 22.6 Å². The van der Waals surface area contributed by atoms with Crippen molar-refractivity contribution in [1.82, 2.24) is 14.9 Å². The number of piperazine rings is 1. The summed E-state index contributed by atoms with van der Waals surface area (Å²) in [5, 5.41) is 13.5. The Bertz CT molecular complexity index is 1430. The summed E-state index contributed by atoms with van der Waals surface area (Å²) in [5.74, 6) is 1.98. The van der Waals surface area contributed by atoms with Crippen molar-refractivity contribution in [3.63, 3.8) is 0 Å². The van der Waals surface area contributed by atoms with Crippen molar-refractivity contribution in [3.8, 4) is 22.6 Å². The number of nitrogens with zero attached hydrogens (tertiary/aromatic N) is 4. The number of nitrogens with one attached hydrogen (secondary N) is 1. The van der Waals surface area contributed by atoms with Gasteiger partial charge >= 0.3 is 0 Å². The maximum atomic E-state index is 10.1. The standard InChI is InChI=1S/C29H35N5O3S/c1-18(2)37-24-15-22(34-12-10-33(4)11-13-34)19(3)14-21(24)31-29-30-16-25-28(32-29)27(26(17-35)38-25)20-8-6-7-9-23(20)36-5/h6-9,14-16,18,35H,10-13,17H2,1-5H3,(H,30,31,32). The number of likely N-dealkylation sites (N-methyl/N-ethyl adjacent to an activating group) is 1. The van der Waals surface area contributed by atoms with E-state index < -0.39 is 0 Å². The molecule has 2 aromatic heterocycles. The molecule has 4 aromatic rings. The molecule has 0 radical (unpaired) electrons. The van der Waals surface area contributed by atoms with E-state index in [1.54, 1.807) is 7.11 Å². The number of methoxy groups -OCH3 is 1. The minimum absolute atomic E-state index is 0.0168. The highest BCUT2D eigenvalue weighted by Gasteiger charge is 2.21. The largest absolute Gasteiger partial charge is 0.496 e. The Morgan fingerprint density at radius 2 is 1.87 bits per heavy atom. The van der Waals surface area contributed by atoms with Crippen LogP contribution in [0, 0.1) is 6.92 Å². The molecule has 2 aromatic carbocycles. The molecule has 1 saturated heterocycles. The number of ether oxygens (including phenoxy) is 2. The van der Waals surface area contributed by atoms with Crippen LogP contribution in [0.15, 0.2) is 42.6 Å². The van der Waals surface area contributed by atoms with E-state index in [0.717, 1.165) is 69.6 Å². The summed E-state index contributed by atoms with van der Waals surface area (Å²) in [4.78, 5) is 15.1. The van der Waals surface area contributed by atoms with Gasteiger partial charge in [-0.05, 0) is 45.5 Å². The molecule has 8 nitrogen and oxygen atoms in total. The van der Waals surface area contributed by atoms with Crippen LogP contribution in [0.3, 0.4) is 0 Å². The lowest BCUT2D eigenvalue weighted by atomic mass is 10.0. The van der Waals surface area contributed by atoms with Crippen LogP contribution in [0.1, 0.15) is 24.3 Å². The summed E-state index contributed by atoms with van der Waals surface area (Å²) in [6, 6.07) is 12.1. The van der Waals surface area contributed by atoms with Crippen LogP contribution in [0.4, 0.5) is 17.3 Å². The molecule has 0 spiro atoms. The second-order valence-electron chi connectivity index (χ2n) is 9.88. The van der Waals surface area contributed by atoms with Crippen molar-refractivity contribution in [1.29, 1.82) is 0 Å². The Hall–Kier alpha value is -3.40. The Morgan fingerprint density at radius 3 is 2.58 bits per heavy atom. The zero-order valence-corrected chi connectivity index (χ0v) is 23.4. The van der Waals surface area contributed by atoms with Gasteiger partial charge < -0.3 is 29.7 Å². The quantitative estimate of drug-likeness (QED) is 0.309. The summed E-state index contributed by atoms with van der Waals surface area (Å²) in [6.45, 7) is 10.2.